The quantitative estimate of drug-likeness (QED) is 0.747. The molecule has 0 aliphatic heterocycles. The molecule has 0 saturated carbocycles. The minimum atomic E-state index is -0.409. The van der Waals surface area contributed by atoms with Crippen molar-refractivity contribution in [1.82, 2.24) is 5.32 Å². The number of aliphatic hydroxyl groups excluding tert-OH is 1. The molecule has 3 nitrogen and oxygen atoms in total. The molecule has 0 aliphatic carbocycles. The number of aryl methyl sites for hydroxylation is 1. The number of rotatable bonds is 7. The lowest BCUT2D eigenvalue weighted by Crippen LogP contribution is -2.30. The van der Waals surface area contributed by atoms with Crippen molar-refractivity contribution in [2.24, 2.45) is 0 Å². The number of benzene rings is 2. The number of thioether (sulfide) groups is 1. The van der Waals surface area contributed by atoms with E-state index >= 15 is 0 Å². The Morgan fingerprint density at radius 1 is 1.21 bits per heavy atom. The van der Waals surface area contributed by atoms with Gasteiger partial charge in [-0.25, -0.2) is 0 Å². The number of amides is 1. The molecule has 0 heterocycles. The molecule has 2 N–H and O–H groups in total. The van der Waals surface area contributed by atoms with Crippen LogP contribution in [0.25, 0.3) is 0 Å². The average molecular weight is 343 g/mol. The summed E-state index contributed by atoms with van der Waals surface area (Å²) in [4.78, 5) is 13.7. The van der Waals surface area contributed by atoms with E-state index < -0.39 is 6.10 Å². The molecular formula is C20H25NO2S. The fourth-order valence-electron chi connectivity index (χ4n) is 2.76. The zero-order chi connectivity index (χ0) is 17.5. The van der Waals surface area contributed by atoms with E-state index in [0.29, 0.717) is 18.5 Å². The van der Waals surface area contributed by atoms with Gasteiger partial charge >= 0.3 is 0 Å². The second-order valence-electron chi connectivity index (χ2n) is 6.08. The van der Waals surface area contributed by atoms with Gasteiger partial charge in [0, 0.05) is 22.9 Å². The highest BCUT2D eigenvalue weighted by molar-refractivity contribution is 7.98. The number of hydrogen-bond acceptors (Lipinski definition) is 3. The number of hydrogen-bond donors (Lipinski definition) is 2. The number of aliphatic hydroxyl groups is 1. The zero-order valence-corrected chi connectivity index (χ0v) is 15.3. The lowest BCUT2D eigenvalue weighted by Gasteiger charge is -2.20. The highest BCUT2D eigenvalue weighted by Crippen LogP contribution is 2.22. The van der Waals surface area contributed by atoms with Crippen molar-refractivity contribution in [2.45, 2.75) is 37.2 Å². The summed E-state index contributed by atoms with van der Waals surface area (Å²) in [6, 6.07) is 16.0. The summed E-state index contributed by atoms with van der Waals surface area (Å²) in [5.41, 5.74) is 2.82. The van der Waals surface area contributed by atoms with Crippen molar-refractivity contribution in [3.63, 3.8) is 0 Å². The monoisotopic (exact) mass is 343 g/mol. The Labute approximate surface area is 148 Å². The Bertz CT molecular complexity index is 671. The van der Waals surface area contributed by atoms with Gasteiger partial charge in [-0.3, -0.25) is 4.79 Å². The molecule has 1 amide bonds. The zero-order valence-electron chi connectivity index (χ0n) is 14.5. The van der Waals surface area contributed by atoms with Crippen LogP contribution in [0.15, 0.2) is 53.4 Å². The van der Waals surface area contributed by atoms with Crippen LogP contribution < -0.4 is 5.32 Å². The van der Waals surface area contributed by atoms with Gasteiger partial charge in [0.1, 0.15) is 0 Å². The van der Waals surface area contributed by atoms with Crippen molar-refractivity contribution < 1.29 is 9.90 Å². The first-order chi connectivity index (χ1) is 11.5. The van der Waals surface area contributed by atoms with Gasteiger partial charge in [-0.05, 0) is 49.8 Å². The minimum Gasteiger partial charge on any atom is -0.393 e. The van der Waals surface area contributed by atoms with E-state index in [9.17, 15) is 9.90 Å². The molecule has 0 aromatic heterocycles. The normalized spacial score (nSPS) is 13.3. The van der Waals surface area contributed by atoms with Crippen LogP contribution in [0.1, 0.15) is 40.7 Å². The molecule has 0 saturated heterocycles. The Morgan fingerprint density at radius 3 is 2.54 bits per heavy atom. The third-order valence-corrected chi connectivity index (χ3v) is 4.82. The van der Waals surface area contributed by atoms with Crippen LogP contribution in [-0.4, -0.2) is 29.9 Å². The Hall–Kier alpha value is -1.78. The molecule has 2 rings (SSSR count). The van der Waals surface area contributed by atoms with E-state index in [2.05, 4.69) is 5.32 Å². The first-order valence-electron chi connectivity index (χ1n) is 8.17. The van der Waals surface area contributed by atoms with Gasteiger partial charge in [-0.2, -0.15) is 0 Å². The first kappa shape index (κ1) is 18.6. The van der Waals surface area contributed by atoms with Gasteiger partial charge in [0.15, 0.2) is 0 Å². The third-order valence-electron chi connectivity index (χ3n) is 4.09. The molecule has 2 unspecified atom stereocenters. The van der Waals surface area contributed by atoms with Crippen LogP contribution in [-0.2, 0) is 0 Å². The van der Waals surface area contributed by atoms with Crippen LogP contribution in [0.4, 0.5) is 0 Å². The predicted molar refractivity (Wildman–Crippen MR) is 101 cm³/mol. The van der Waals surface area contributed by atoms with Gasteiger partial charge in [-0.1, -0.05) is 36.4 Å². The molecule has 0 radical (unpaired) electrons. The fraction of sp³-hybridized carbons (Fsp3) is 0.350. The molecule has 0 fully saturated rings. The molecule has 2 atom stereocenters. The summed E-state index contributed by atoms with van der Waals surface area (Å²) in [5.74, 6) is 0.0362. The molecule has 0 aliphatic rings. The number of carbonyl (C=O) groups excluding carboxylic acids is 1. The van der Waals surface area contributed by atoms with Crippen LogP contribution in [0, 0.1) is 6.92 Å². The lowest BCUT2D eigenvalue weighted by molar-refractivity contribution is 0.0945. The van der Waals surface area contributed by atoms with Gasteiger partial charge < -0.3 is 10.4 Å². The smallest absolute Gasteiger partial charge is 0.251 e. The van der Waals surface area contributed by atoms with E-state index in [-0.39, 0.29) is 11.8 Å². The fourth-order valence-corrected chi connectivity index (χ4v) is 3.20. The molecule has 24 heavy (non-hydrogen) atoms. The third kappa shape index (κ3) is 5.11. The van der Waals surface area contributed by atoms with Gasteiger partial charge in [0.2, 0.25) is 0 Å². The number of carbonyl (C=O) groups is 1. The second kappa shape index (κ2) is 8.90. The van der Waals surface area contributed by atoms with E-state index in [1.807, 2.05) is 61.7 Å². The summed E-state index contributed by atoms with van der Waals surface area (Å²) in [7, 11) is 0. The van der Waals surface area contributed by atoms with E-state index in [1.54, 1.807) is 18.7 Å². The van der Waals surface area contributed by atoms with E-state index in [4.69, 9.17) is 0 Å². The Balaban J connectivity index is 2.10. The predicted octanol–water partition coefficient (Wildman–Crippen LogP) is 4.00. The van der Waals surface area contributed by atoms with Gasteiger partial charge in [0.25, 0.3) is 5.91 Å². The second-order valence-corrected chi connectivity index (χ2v) is 6.96. The SMILES string of the molecule is CSc1ccc(C)c(C(=O)NCC(CC(C)O)c2ccccc2)c1. The number of nitrogens with one attached hydrogen (secondary N) is 1. The van der Waals surface area contributed by atoms with Crippen molar-refractivity contribution in [1.29, 1.82) is 0 Å². The van der Waals surface area contributed by atoms with E-state index in [0.717, 1.165) is 16.0 Å². The summed E-state index contributed by atoms with van der Waals surface area (Å²) >= 11 is 1.63. The van der Waals surface area contributed by atoms with Crippen molar-refractivity contribution >= 4 is 17.7 Å². The van der Waals surface area contributed by atoms with Crippen LogP contribution in [0.3, 0.4) is 0 Å². The summed E-state index contributed by atoms with van der Waals surface area (Å²) in [5, 5.41) is 12.8. The maximum atomic E-state index is 12.6. The molecule has 2 aromatic rings. The summed E-state index contributed by atoms with van der Waals surface area (Å²) < 4.78 is 0. The highest BCUT2D eigenvalue weighted by atomic mass is 32.2. The standard InChI is InChI=1S/C20H25NO2S/c1-14-9-10-18(24-3)12-19(14)20(23)21-13-17(11-15(2)22)16-7-5-4-6-8-16/h4-10,12,15,17,22H,11,13H2,1-3H3,(H,21,23). The van der Waals surface area contributed by atoms with Gasteiger partial charge in [-0.15, -0.1) is 11.8 Å². The van der Waals surface area contributed by atoms with Crippen molar-refractivity contribution in [2.75, 3.05) is 12.8 Å². The maximum absolute atomic E-state index is 12.6. The average Bonchev–Trinajstić information content (AvgIpc) is 2.59. The summed E-state index contributed by atoms with van der Waals surface area (Å²) in [6.07, 6.45) is 2.21. The Kier molecular flexibility index (Phi) is 6.88. The van der Waals surface area contributed by atoms with Crippen LogP contribution >= 0.6 is 11.8 Å². The summed E-state index contributed by atoms with van der Waals surface area (Å²) in [6.45, 7) is 4.24. The molecule has 2 aromatic carbocycles. The Morgan fingerprint density at radius 2 is 1.92 bits per heavy atom. The molecule has 0 bridgehead atoms. The van der Waals surface area contributed by atoms with Crippen LogP contribution in [0.5, 0.6) is 0 Å². The van der Waals surface area contributed by atoms with Crippen molar-refractivity contribution in [3.05, 3.63) is 65.2 Å². The van der Waals surface area contributed by atoms with Crippen molar-refractivity contribution in [3.8, 4) is 0 Å². The molecule has 4 heteroatoms. The molecular weight excluding hydrogens is 318 g/mol. The highest BCUT2D eigenvalue weighted by Gasteiger charge is 2.17. The van der Waals surface area contributed by atoms with Crippen LogP contribution in [0.2, 0.25) is 0 Å². The topological polar surface area (TPSA) is 49.3 Å². The molecule has 0 spiro atoms. The first-order valence-corrected chi connectivity index (χ1v) is 9.39. The molecule has 128 valence electrons. The van der Waals surface area contributed by atoms with Gasteiger partial charge in [0.05, 0.1) is 6.10 Å². The maximum Gasteiger partial charge on any atom is 0.251 e. The largest absolute Gasteiger partial charge is 0.393 e. The minimum absolute atomic E-state index is 0.0603. The van der Waals surface area contributed by atoms with E-state index in [1.165, 1.54) is 0 Å². The lowest BCUT2D eigenvalue weighted by atomic mass is 9.93.